The van der Waals surface area contributed by atoms with E-state index in [1.165, 1.54) is 4.57 Å². The molecule has 2 rings (SSSR count). The molecule has 1 aromatic carbocycles. The Bertz CT molecular complexity index is 548. The second-order valence-electron chi connectivity index (χ2n) is 4.99. The van der Waals surface area contributed by atoms with Crippen LogP contribution in [0.2, 0.25) is 0 Å². The van der Waals surface area contributed by atoms with Gasteiger partial charge in [-0.1, -0.05) is 60.6 Å². The van der Waals surface area contributed by atoms with Gasteiger partial charge in [0.25, 0.3) is 0 Å². The van der Waals surface area contributed by atoms with Crippen molar-refractivity contribution in [2.45, 2.75) is 53.9 Å². The number of carboxylic acid groups (broad SMARTS) is 1. The second kappa shape index (κ2) is 7.73. The first kappa shape index (κ1) is 18.2. The average molecular weight is 277 g/mol. The molecule has 1 aromatic heterocycles. The highest BCUT2D eigenvalue weighted by Crippen LogP contribution is 2.26. The van der Waals surface area contributed by atoms with Crippen LogP contribution in [-0.4, -0.2) is 15.8 Å². The first-order valence-corrected chi connectivity index (χ1v) is 7.24. The fourth-order valence-electron chi connectivity index (χ4n) is 1.76. The van der Waals surface area contributed by atoms with E-state index in [0.717, 1.165) is 16.5 Å². The lowest BCUT2D eigenvalue weighted by molar-refractivity contribution is 0.197. The molecule has 0 aliphatic carbocycles. The average Bonchev–Trinajstić information content (AvgIpc) is 2.85. The number of fused-ring (bicyclic) bond motifs is 1. The van der Waals surface area contributed by atoms with E-state index in [-0.39, 0.29) is 5.41 Å². The SMILES string of the molecule is CC.CC.CC(C)(C)c1ccc2ccn(C(=O)O)c2c1. The second-order valence-corrected chi connectivity index (χ2v) is 4.99. The zero-order valence-corrected chi connectivity index (χ0v) is 13.7. The van der Waals surface area contributed by atoms with Gasteiger partial charge in [-0.05, 0) is 23.1 Å². The van der Waals surface area contributed by atoms with Crippen molar-refractivity contribution in [1.82, 2.24) is 4.57 Å². The fourth-order valence-corrected chi connectivity index (χ4v) is 1.76. The summed E-state index contributed by atoms with van der Waals surface area (Å²) < 4.78 is 1.25. The van der Waals surface area contributed by atoms with Gasteiger partial charge in [0.1, 0.15) is 0 Å². The van der Waals surface area contributed by atoms with Crippen molar-refractivity contribution in [2.75, 3.05) is 0 Å². The molecule has 0 spiro atoms. The quantitative estimate of drug-likeness (QED) is 0.689. The summed E-state index contributed by atoms with van der Waals surface area (Å²) in [6.07, 6.45) is 0.639. The third kappa shape index (κ3) is 4.12. The van der Waals surface area contributed by atoms with Crippen LogP contribution in [0.4, 0.5) is 4.79 Å². The van der Waals surface area contributed by atoms with Gasteiger partial charge in [-0.25, -0.2) is 4.79 Å². The van der Waals surface area contributed by atoms with E-state index >= 15 is 0 Å². The molecule has 0 aliphatic rings. The minimum absolute atomic E-state index is 0.0296. The van der Waals surface area contributed by atoms with Crippen LogP contribution in [0.5, 0.6) is 0 Å². The molecule has 0 bridgehead atoms. The number of hydrogen-bond acceptors (Lipinski definition) is 1. The first-order chi connectivity index (χ1) is 9.39. The van der Waals surface area contributed by atoms with E-state index in [0.29, 0.717) is 0 Å². The van der Waals surface area contributed by atoms with Crippen molar-refractivity contribution in [3.63, 3.8) is 0 Å². The van der Waals surface area contributed by atoms with Crippen molar-refractivity contribution in [3.8, 4) is 0 Å². The summed E-state index contributed by atoms with van der Waals surface area (Å²) in [5, 5.41) is 9.98. The highest BCUT2D eigenvalue weighted by Gasteiger charge is 2.15. The lowest BCUT2D eigenvalue weighted by atomic mass is 9.87. The van der Waals surface area contributed by atoms with E-state index in [1.807, 2.05) is 45.9 Å². The molecule has 112 valence electrons. The normalized spacial score (nSPS) is 10.2. The van der Waals surface area contributed by atoms with Crippen LogP contribution in [0, 0.1) is 0 Å². The van der Waals surface area contributed by atoms with Crippen LogP contribution in [0.3, 0.4) is 0 Å². The van der Waals surface area contributed by atoms with Gasteiger partial charge in [-0.15, -0.1) is 0 Å². The smallest absolute Gasteiger partial charge is 0.415 e. The van der Waals surface area contributed by atoms with Gasteiger partial charge < -0.3 is 5.11 Å². The van der Waals surface area contributed by atoms with Crippen LogP contribution in [0.15, 0.2) is 30.5 Å². The zero-order chi connectivity index (χ0) is 15.9. The maximum Gasteiger partial charge on any atom is 0.415 e. The number of benzene rings is 1. The lowest BCUT2D eigenvalue weighted by Gasteiger charge is -2.19. The molecule has 2 aromatic rings. The third-order valence-electron chi connectivity index (χ3n) is 2.77. The standard InChI is InChI=1S/C13H15NO2.2C2H6/c1-13(2,3)10-5-4-9-6-7-14(12(15)16)11(9)8-10;2*1-2/h4-8H,1-3H3,(H,15,16);2*1-2H3. The van der Waals surface area contributed by atoms with Crippen molar-refractivity contribution in [1.29, 1.82) is 0 Å². The topological polar surface area (TPSA) is 42.2 Å². The summed E-state index contributed by atoms with van der Waals surface area (Å²) in [7, 11) is 0. The summed E-state index contributed by atoms with van der Waals surface area (Å²) in [4.78, 5) is 11.0. The van der Waals surface area contributed by atoms with Crippen LogP contribution in [-0.2, 0) is 5.41 Å². The van der Waals surface area contributed by atoms with E-state index in [1.54, 1.807) is 6.20 Å². The Balaban J connectivity index is 0.000000829. The first-order valence-electron chi connectivity index (χ1n) is 7.24. The molecule has 0 radical (unpaired) electrons. The molecule has 0 aliphatic heterocycles. The molecule has 3 nitrogen and oxygen atoms in total. The monoisotopic (exact) mass is 277 g/mol. The van der Waals surface area contributed by atoms with Crippen LogP contribution < -0.4 is 0 Å². The van der Waals surface area contributed by atoms with Gasteiger partial charge in [0.05, 0.1) is 5.52 Å². The Hall–Kier alpha value is -1.77. The molecule has 0 saturated heterocycles. The van der Waals surface area contributed by atoms with E-state index in [4.69, 9.17) is 5.11 Å². The largest absolute Gasteiger partial charge is 0.464 e. The minimum Gasteiger partial charge on any atom is -0.464 e. The summed E-state index contributed by atoms with van der Waals surface area (Å²) in [5.41, 5.74) is 1.92. The van der Waals surface area contributed by atoms with Gasteiger partial charge >= 0.3 is 6.09 Å². The highest BCUT2D eigenvalue weighted by atomic mass is 16.4. The summed E-state index contributed by atoms with van der Waals surface area (Å²) in [6, 6.07) is 7.78. The minimum atomic E-state index is -0.943. The predicted molar refractivity (Wildman–Crippen MR) is 86.8 cm³/mol. The van der Waals surface area contributed by atoms with Gasteiger partial charge in [-0.2, -0.15) is 0 Å². The molecule has 20 heavy (non-hydrogen) atoms. The third-order valence-corrected chi connectivity index (χ3v) is 2.77. The molecule has 0 fully saturated rings. The maximum atomic E-state index is 11.0. The van der Waals surface area contributed by atoms with Crippen LogP contribution in [0.1, 0.15) is 54.0 Å². The predicted octanol–water partition coefficient (Wildman–Crippen LogP) is 5.52. The number of nitrogens with zero attached hydrogens (tertiary/aromatic N) is 1. The van der Waals surface area contributed by atoms with Gasteiger partial charge in [0.2, 0.25) is 0 Å². The maximum absolute atomic E-state index is 11.0. The molecule has 1 N–H and O–H groups in total. The summed E-state index contributed by atoms with van der Waals surface area (Å²) >= 11 is 0. The Morgan fingerprint density at radius 3 is 2.05 bits per heavy atom. The summed E-state index contributed by atoms with van der Waals surface area (Å²) in [6.45, 7) is 14.3. The number of carbonyl (C=O) groups is 1. The molecular formula is C17H27NO2. The van der Waals surface area contributed by atoms with Gasteiger partial charge in [-0.3, -0.25) is 4.57 Å². The van der Waals surface area contributed by atoms with Crippen molar-refractivity contribution >= 4 is 17.0 Å². The Morgan fingerprint density at radius 2 is 1.60 bits per heavy atom. The molecule has 0 atom stereocenters. The molecule has 1 heterocycles. The molecule has 0 amide bonds. The molecule has 3 heteroatoms. The van der Waals surface area contributed by atoms with Crippen molar-refractivity contribution < 1.29 is 9.90 Å². The van der Waals surface area contributed by atoms with Gasteiger partial charge in [0.15, 0.2) is 0 Å². The Morgan fingerprint density at radius 1 is 1.05 bits per heavy atom. The number of aromatic nitrogens is 1. The molecule has 0 saturated carbocycles. The van der Waals surface area contributed by atoms with Crippen molar-refractivity contribution in [2.24, 2.45) is 0 Å². The Labute approximate surface area is 122 Å². The van der Waals surface area contributed by atoms with E-state index in [9.17, 15) is 4.79 Å². The van der Waals surface area contributed by atoms with Crippen LogP contribution >= 0.6 is 0 Å². The zero-order valence-electron chi connectivity index (χ0n) is 13.7. The van der Waals surface area contributed by atoms with Crippen molar-refractivity contribution in [3.05, 3.63) is 36.0 Å². The number of hydrogen-bond donors (Lipinski definition) is 1. The van der Waals surface area contributed by atoms with E-state index < -0.39 is 6.09 Å². The number of rotatable bonds is 0. The lowest BCUT2D eigenvalue weighted by Crippen LogP contribution is -2.12. The van der Waals surface area contributed by atoms with Gasteiger partial charge in [0, 0.05) is 11.6 Å². The highest BCUT2D eigenvalue weighted by molar-refractivity contribution is 5.89. The Kier molecular flexibility index (Phi) is 7.05. The summed E-state index contributed by atoms with van der Waals surface area (Å²) in [5.74, 6) is 0. The molecule has 0 unspecified atom stereocenters. The van der Waals surface area contributed by atoms with Crippen LogP contribution in [0.25, 0.3) is 10.9 Å². The van der Waals surface area contributed by atoms with E-state index in [2.05, 4.69) is 26.8 Å². The fraction of sp³-hybridized carbons (Fsp3) is 0.471. The molecular weight excluding hydrogens is 250 g/mol.